The van der Waals surface area contributed by atoms with E-state index in [1.807, 2.05) is 5.32 Å². The summed E-state index contributed by atoms with van der Waals surface area (Å²) in [5, 5.41) is 63.4. The van der Waals surface area contributed by atoms with Gasteiger partial charge in [-0.05, 0) is 102 Å². The van der Waals surface area contributed by atoms with Crippen molar-refractivity contribution in [2.45, 2.75) is 25.3 Å². The molecule has 1 atom stereocenters. The fraction of sp³-hybridized carbons (Fsp3) is 0.118. The van der Waals surface area contributed by atoms with E-state index >= 15 is 0 Å². The van der Waals surface area contributed by atoms with Crippen molar-refractivity contribution in [2.75, 3.05) is 13.1 Å². The molecule has 0 aliphatic rings. The number of carbonyl (C=O) groups excluding carboxylic acids is 3. The first-order valence-corrected chi connectivity index (χ1v) is 25.2. The van der Waals surface area contributed by atoms with Crippen LogP contribution >= 0.6 is 49.9 Å². The van der Waals surface area contributed by atoms with Crippen LogP contribution in [0.4, 0.5) is 30.7 Å². The highest BCUT2D eigenvalue weighted by atomic mass is 79.9. The minimum Gasteiger partial charge on any atom is -0.506 e. The van der Waals surface area contributed by atoms with Crippen LogP contribution < -0.4 is 30.2 Å². The molecule has 0 saturated carbocycles. The number of amides is 3. The summed E-state index contributed by atoms with van der Waals surface area (Å²) in [6.45, 7) is -0.224. The smallest absolute Gasteiger partial charge is 0.416 e. The molecule has 9 N–H and O–H groups in total. The second kappa shape index (κ2) is 24.5. The van der Waals surface area contributed by atoms with Gasteiger partial charge in [0.05, 0.1) is 11.1 Å². The number of halogens is 8. The van der Waals surface area contributed by atoms with Crippen molar-refractivity contribution in [2.24, 2.45) is 0 Å². The van der Waals surface area contributed by atoms with E-state index in [9.17, 15) is 89.2 Å². The first-order valence-electron chi connectivity index (χ1n) is 22.0. The quantitative estimate of drug-likeness (QED) is 0.0546. The Kier molecular flexibility index (Phi) is 18.5. The van der Waals surface area contributed by atoms with Crippen LogP contribution in [0.3, 0.4) is 0 Å². The molecule has 0 radical (unpaired) electrons. The van der Waals surface area contributed by atoms with Gasteiger partial charge in [0.25, 0.3) is 17.7 Å². The zero-order chi connectivity index (χ0) is 59.3. The van der Waals surface area contributed by atoms with Crippen molar-refractivity contribution < 1.29 is 90.1 Å². The lowest BCUT2D eigenvalue weighted by Crippen LogP contribution is -2.39. The summed E-state index contributed by atoms with van der Waals surface area (Å²) in [4.78, 5) is 104. The molecule has 29 heteroatoms. The average Bonchev–Trinajstić information content (AvgIpc) is 3.37. The Morgan fingerprint density at radius 3 is 1.39 bits per heavy atom. The van der Waals surface area contributed by atoms with Crippen molar-refractivity contribution in [1.82, 2.24) is 16.0 Å². The van der Waals surface area contributed by atoms with Gasteiger partial charge in [0.2, 0.25) is 14.2 Å². The van der Waals surface area contributed by atoms with Crippen LogP contribution in [-0.2, 0) is 26.7 Å². The first kappa shape index (κ1) is 60.4. The zero-order valence-corrected chi connectivity index (χ0v) is 43.9. The van der Waals surface area contributed by atoms with Gasteiger partial charge in [-0.2, -0.15) is 26.3 Å². The molecule has 0 unspecified atom stereocenters. The number of aromatic hydroxyl groups is 3. The number of carboxylic acid groups (broad SMARTS) is 3. The van der Waals surface area contributed by atoms with Crippen LogP contribution in [0.2, 0.25) is 0 Å². The fourth-order valence-electron chi connectivity index (χ4n) is 7.10. The maximum atomic E-state index is 13.4. The second-order valence-corrected chi connectivity index (χ2v) is 20.4. The lowest BCUT2D eigenvalue weighted by molar-refractivity contribution is -0.143. The molecule has 3 amide bonds. The number of nitrogens with one attached hydrogen (secondary N) is 3. The van der Waals surface area contributed by atoms with Crippen LogP contribution in [0.5, 0.6) is 17.2 Å². The SMILES string of the molecule is C[C@H](NC(=O)c1c(O)c2cc(Br)ccc2sc1=O)C(=O)O.O=C(O)CNC(=O)c1c(O)c2ccc(-c3cc(C(F)(F)F)cc(C(F)(F)F)c3)cc2sc1=O.O=C(O)CNC(=O)c1c(O)c2ccc(-c3cccc(F)c3)cc2sc1=O. The van der Waals surface area contributed by atoms with Gasteiger partial charge in [0.15, 0.2) is 0 Å². The number of hydrogen-bond acceptors (Lipinski definition) is 15. The normalized spacial score (nSPS) is 11.6. The standard InChI is InChI=1S/C20H11F6NO5S.C18H12FNO5S.C13H10BrNO5S/c21-19(22,23)10-3-9(4-11(6-10)20(24,25)26)8-1-2-12-13(5-8)33-18(32)15(16(12)30)17(31)27-7-14(28)29;19-11-3-1-2-9(6-11)10-4-5-12-13(7-10)26-18(25)15(16(12)23)17(24)20-8-14(21)22;1-5(12(18)19)15-11(17)9-10(16)7-4-6(14)2-3-8(7)21-13(9)20/h1-6,30H,7H2,(H,27,31)(H,28,29);1-7,23H,8H2,(H,20,24)(H,21,22);2-5,16H,1H3,(H,15,17)(H,18,19)/t;;5-/m..0/s1. The molecule has 5 aromatic carbocycles. The van der Waals surface area contributed by atoms with Crippen molar-refractivity contribution in [3.05, 3.63) is 164 Å². The van der Waals surface area contributed by atoms with Crippen LogP contribution in [0.15, 0.2) is 116 Å². The highest BCUT2D eigenvalue weighted by Crippen LogP contribution is 2.41. The van der Waals surface area contributed by atoms with Crippen molar-refractivity contribution in [3.63, 3.8) is 0 Å². The van der Waals surface area contributed by atoms with E-state index in [1.54, 1.807) is 42.5 Å². The second-order valence-electron chi connectivity index (χ2n) is 16.4. The third kappa shape index (κ3) is 14.3. The molecule has 0 bridgehead atoms. The average molecular weight is 1240 g/mol. The summed E-state index contributed by atoms with van der Waals surface area (Å²) >= 11 is 5.20. The minimum atomic E-state index is -5.05. The van der Waals surface area contributed by atoms with E-state index in [1.165, 1.54) is 25.1 Å². The van der Waals surface area contributed by atoms with Gasteiger partial charge >= 0.3 is 30.3 Å². The van der Waals surface area contributed by atoms with Gasteiger partial charge in [0.1, 0.15) is 58.9 Å². The van der Waals surface area contributed by atoms with Gasteiger partial charge in [-0.25, -0.2) is 4.39 Å². The predicted octanol–water partition coefficient (Wildman–Crippen LogP) is 9.01. The molecule has 416 valence electrons. The first-order chi connectivity index (χ1) is 37.4. The highest BCUT2D eigenvalue weighted by Gasteiger charge is 2.37. The van der Waals surface area contributed by atoms with E-state index in [4.69, 9.17) is 15.3 Å². The molecular formula is C51H33BrF7N3O15S3. The largest absolute Gasteiger partial charge is 0.506 e. The summed E-state index contributed by atoms with van der Waals surface area (Å²) in [5.41, 5.74) is -3.99. The Hall–Kier alpha value is -8.80. The van der Waals surface area contributed by atoms with E-state index in [-0.39, 0.29) is 27.1 Å². The van der Waals surface area contributed by atoms with Gasteiger partial charge in [-0.3, -0.25) is 43.2 Å². The van der Waals surface area contributed by atoms with E-state index < -0.39 is 138 Å². The summed E-state index contributed by atoms with van der Waals surface area (Å²) < 4.78 is 91.5. The number of hydrogen-bond donors (Lipinski definition) is 9. The topological polar surface area (TPSA) is 311 Å². The van der Waals surface area contributed by atoms with Gasteiger partial charge in [0, 0.05) is 34.7 Å². The Labute approximate surface area is 461 Å². The summed E-state index contributed by atoms with van der Waals surface area (Å²) in [6, 6.07) is 18.8. The number of rotatable bonds is 11. The molecule has 3 heterocycles. The molecular weight excluding hydrogens is 1200 g/mol. The molecule has 18 nitrogen and oxygen atoms in total. The number of carbonyl (C=O) groups is 6. The fourth-order valence-corrected chi connectivity index (χ4v) is 10.3. The van der Waals surface area contributed by atoms with Crippen molar-refractivity contribution >= 4 is 116 Å². The zero-order valence-electron chi connectivity index (χ0n) is 39.8. The van der Waals surface area contributed by atoms with Crippen LogP contribution in [0.1, 0.15) is 49.1 Å². The van der Waals surface area contributed by atoms with Crippen molar-refractivity contribution in [3.8, 4) is 39.5 Å². The number of aliphatic carboxylic acids is 3. The molecule has 0 saturated heterocycles. The van der Waals surface area contributed by atoms with Crippen molar-refractivity contribution in [1.29, 1.82) is 0 Å². The monoisotopic (exact) mass is 1240 g/mol. The highest BCUT2D eigenvalue weighted by molar-refractivity contribution is 9.10. The number of alkyl halides is 6. The number of carboxylic acids is 3. The van der Waals surface area contributed by atoms with Gasteiger partial charge in [-0.15, -0.1) is 0 Å². The van der Waals surface area contributed by atoms with E-state index in [0.717, 1.165) is 40.9 Å². The lowest BCUT2D eigenvalue weighted by atomic mass is 9.98. The molecule has 3 aromatic heterocycles. The Balaban J connectivity index is 0.000000199. The van der Waals surface area contributed by atoms with Gasteiger partial charge < -0.3 is 46.6 Å². The Morgan fingerprint density at radius 2 is 0.950 bits per heavy atom. The molecule has 0 aliphatic heterocycles. The Bertz CT molecular complexity index is 4000. The van der Waals surface area contributed by atoms with Crippen LogP contribution in [0.25, 0.3) is 52.5 Å². The molecule has 80 heavy (non-hydrogen) atoms. The molecule has 0 spiro atoms. The van der Waals surface area contributed by atoms with Crippen LogP contribution in [-0.4, -0.2) is 85.4 Å². The maximum Gasteiger partial charge on any atom is 0.416 e. The summed E-state index contributed by atoms with van der Waals surface area (Å²) in [6.07, 6.45) is -10.1. The number of benzene rings is 5. The third-order valence-electron chi connectivity index (χ3n) is 10.9. The van der Waals surface area contributed by atoms with E-state index in [2.05, 4.69) is 26.6 Å². The molecule has 0 aliphatic carbocycles. The third-order valence-corrected chi connectivity index (χ3v) is 14.2. The number of fused-ring (bicyclic) bond motifs is 3. The maximum absolute atomic E-state index is 13.4. The summed E-state index contributed by atoms with van der Waals surface area (Å²) in [5.74, 6) is -9.10. The minimum absolute atomic E-state index is 0.0171. The lowest BCUT2D eigenvalue weighted by Gasteiger charge is -2.15. The molecule has 8 rings (SSSR count). The summed E-state index contributed by atoms with van der Waals surface area (Å²) in [7, 11) is 0. The molecule has 8 aromatic rings. The van der Waals surface area contributed by atoms with E-state index in [0.29, 0.717) is 53.9 Å². The van der Waals surface area contributed by atoms with Gasteiger partial charge in [-0.1, -0.05) is 74.2 Å². The molecule has 0 fully saturated rings. The Morgan fingerprint density at radius 1 is 0.525 bits per heavy atom. The van der Waals surface area contributed by atoms with Crippen LogP contribution in [0, 0.1) is 5.82 Å². The predicted molar refractivity (Wildman–Crippen MR) is 282 cm³/mol.